The fourth-order valence-corrected chi connectivity index (χ4v) is 4.62. The summed E-state index contributed by atoms with van der Waals surface area (Å²) >= 11 is 1.44. The Morgan fingerprint density at radius 2 is 2.07 bits per heavy atom. The van der Waals surface area contributed by atoms with E-state index >= 15 is 0 Å². The van der Waals surface area contributed by atoms with Gasteiger partial charge in [-0.25, -0.2) is 4.79 Å². The van der Waals surface area contributed by atoms with E-state index in [9.17, 15) is 9.59 Å². The molecule has 0 spiro atoms. The second-order valence-corrected chi connectivity index (χ2v) is 7.45. The second-order valence-electron chi connectivity index (χ2n) is 6.34. The Morgan fingerprint density at radius 3 is 2.82 bits per heavy atom. The van der Waals surface area contributed by atoms with E-state index in [2.05, 4.69) is 17.1 Å². The molecule has 4 rings (SSSR count). The summed E-state index contributed by atoms with van der Waals surface area (Å²) in [5, 5.41) is 3.42. The van der Waals surface area contributed by atoms with Gasteiger partial charge in [0.15, 0.2) is 11.5 Å². The number of methoxy groups -OCH3 is 1. The molecule has 1 amide bonds. The van der Waals surface area contributed by atoms with Crippen LogP contribution in [0.2, 0.25) is 0 Å². The molecule has 2 aliphatic heterocycles. The molecule has 0 fully saturated rings. The lowest BCUT2D eigenvalue weighted by Crippen LogP contribution is -2.29. The van der Waals surface area contributed by atoms with Crippen molar-refractivity contribution < 1.29 is 23.8 Å². The van der Waals surface area contributed by atoms with Crippen LogP contribution in [0.5, 0.6) is 11.5 Å². The number of esters is 1. The predicted molar refractivity (Wildman–Crippen MR) is 108 cm³/mol. The number of fused-ring (bicyclic) bond motifs is 2. The van der Waals surface area contributed by atoms with Crippen LogP contribution in [0.25, 0.3) is 0 Å². The molecule has 0 atom stereocenters. The highest BCUT2D eigenvalue weighted by atomic mass is 35.5. The Bertz CT molecular complexity index is 914. The number of hydrogen-bond donors (Lipinski definition) is 1. The first-order valence-corrected chi connectivity index (χ1v) is 9.58. The Balaban J connectivity index is 0.00000225. The molecule has 2 aromatic rings. The molecule has 1 aromatic carbocycles. The topological polar surface area (TPSA) is 77.1 Å². The van der Waals surface area contributed by atoms with Gasteiger partial charge in [0.25, 0.3) is 5.91 Å². The van der Waals surface area contributed by atoms with E-state index in [1.165, 1.54) is 18.4 Å². The number of nitrogens with one attached hydrogen (secondary N) is 1. The lowest BCUT2D eigenvalue weighted by molar-refractivity contribution is 0.0600. The SMILES string of the molecule is CCN1CCc2c(sc(NC(=O)c3ccc4c(c3)OCO4)c2C(=O)OC)C1.Cl. The van der Waals surface area contributed by atoms with E-state index in [0.717, 1.165) is 36.5 Å². The minimum Gasteiger partial charge on any atom is -0.465 e. The van der Waals surface area contributed by atoms with Crippen LogP contribution in [0.3, 0.4) is 0 Å². The van der Waals surface area contributed by atoms with Gasteiger partial charge in [-0.15, -0.1) is 23.7 Å². The standard InChI is InChI=1S/C19H20N2O5S.ClH/c1-3-21-7-6-12-15(9-21)27-18(16(12)19(23)24-2)20-17(22)11-4-5-13-14(8-11)26-10-25-13;/h4-5,8H,3,6-7,9-10H2,1-2H3,(H,20,22);1H. The molecular formula is C19H21ClN2O5S. The Morgan fingerprint density at radius 1 is 1.29 bits per heavy atom. The second kappa shape index (κ2) is 8.38. The summed E-state index contributed by atoms with van der Waals surface area (Å²) < 4.78 is 15.6. The maximum Gasteiger partial charge on any atom is 0.341 e. The maximum absolute atomic E-state index is 12.7. The molecule has 7 nitrogen and oxygen atoms in total. The highest BCUT2D eigenvalue weighted by Gasteiger charge is 2.29. The van der Waals surface area contributed by atoms with E-state index < -0.39 is 5.97 Å². The van der Waals surface area contributed by atoms with Crippen molar-refractivity contribution in [3.05, 3.63) is 39.8 Å². The molecule has 0 aliphatic carbocycles. The van der Waals surface area contributed by atoms with E-state index in [1.54, 1.807) is 18.2 Å². The zero-order valence-corrected chi connectivity index (χ0v) is 17.2. The molecular weight excluding hydrogens is 404 g/mol. The molecule has 1 N–H and O–H groups in total. The van der Waals surface area contributed by atoms with Crippen LogP contribution in [-0.4, -0.2) is 43.8 Å². The van der Waals surface area contributed by atoms with Crippen LogP contribution in [0.1, 0.15) is 38.1 Å². The maximum atomic E-state index is 12.7. The van der Waals surface area contributed by atoms with Crippen LogP contribution in [0.4, 0.5) is 5.00 Å². The first-order valence-electron chi connectivity index (χ1n) is 8.77. The van der Waals surface area contributed by atoms with Crippen molar-refractivity contribution in [1.82, 2.24) is 4.90 Å². The summed E-state index contributed by atoms with van der Waals surface area (Å²) in [4.78, 5) is 28.5. The number of rotatable bonds is 4. The molecule has 3 heterocycles. The normalized spacial score (nSPS) is 14.8. The summed E-state index contributed by atoms with van der Waals surface area (Å²) in [6, 6.07) is 5.02. The van der Waals surface area contributed by atoms with Crippen LogP contribution < -0.4 is 14.8 Å². The highest BCUT2D eigenvalue weighted by molar-refractivity contribution is 7.17. The fourth-order valence-electron chi connectivity index (χ4n) is 3.35. The number of thiophene rings is 1. The number of ether oxygens (including phenoxy) is 3. The highest BCUT2D eigenvalue weighted by Crippen LogP contribution is 2.38. The quantitative estimate of drug-likeness (QED) is 0.759. The molecule has 0 radical (unpaired) electrons. The Hall–Kier alpha value is -2.29. The zero-order valence-electron chi connectivity index (χ0n) is 15.6. The average molecular weight is 425 g/mol. The largest absolute Gasteiger partial charge is 0.465 e. The molecule has 0 saturated heterocycles. The molecule has 150 valence electrons. The monoisotopic (exact) mass is 424 g/mol. The van der Waals surface area contributed by atoms with Crippen molar-refractivity contribution >= 4 is 40.6 Å². The fraction of sp³-hybridized carbons (Fsp3) is 0.368. The summed E-state index contributed by atoms with van der Waals surface area (Å²) in [5.74, 6) is 0.441. The van der Waals surface area contributed by atoms with E-state index in [-0.39, 0.29) is 25.1 Å². The number of amides is 1. The molecule has 9 heteroatoms. The number of benzene rings is 1. The van der Waals surface area contributed by atoms with Gasteiger partial charge in [0.2, 0.25) is 6.79 Å². The van der Waals surface area contributed by atoms with Gasteiger partial charge in [0, 0.05) is 23.5 Å². The van der Waals surface area contributed by atoms with Gasteiger partial charge in [-0.2, -0.15) is 0 Å². The van der Waals surface area contributed by atoms with Gasteiger partial charge >= 0.3 is 5.97 Å². The lowest BCUT2D eigenvalue weighted by atomic mass is 10.0. The zero-order chi connectivity index (χ0) is 19.0. The van der Waals surface area contributed by atoms with Crippen molar-refractivity contribution in [1.29, 1.82) is 0 Å². The number of carbonyl (C=O) groups excluding carboxylic acids is 2. The molecule has 2 aliphatic rings. The first-order chi connectivity index (χ1) is 13.1. The Labute approximate surface area is 173 Å². The van der Waals surface area contributed by atoms with Crippen molar-refractivity contribution in [2.45, 2.75) is 19.9 Å². The molecule has 0 saturated carbocycles. The van der Waals surface area contributed by atoms with Crippen LogP contribution in [0, 0.1) is 0 Å². The lowest BCUT2D eigenvalue weighted by Gasteiger charge is -2.25. The summed E-state index contributed by atoms with van der Waals surface area (Å²) in [7, 11) is 1.36. The number of likely N-dealkylation sites (N-methyl/N-ethyl adjacent to an activating group) is 1. The number of anilines is 1. The van der Waals surface area contributed by atoms with Crippen LogP contribution in [0.15, 0.2) is 18.2 Å². The summed E-state index contributed by atoms with van der Waals surface area (Å²) in [6.07, 6.45) is 0.768. The smallest absolute Gasteiger partial charge is 0.341 e. The molecule has 0 unspecified atom stereocenters. The third-order valence-corrected chi connectivity index (χ3v) is 5.97. The summed E-state index contributed by atoms with van der Waals surface area (Å²) in [6.45, 7) is 4.88. The first kappa shape index (κ1) is 20.4. The number of halogens is 1. The molecule has 0 bridgehead atoms. The number of hydrogen-bond acceptors (Lipinski definition) is 7. The Kier molecular flexibility index (Phi) is 6.12. The van der Waals surface area contributed by atoms with Crippen molar-refractivity contribution in [2.75, 3.05) is 32.3 Å². The van der Waals surface area contributed by atoms with Crippen LogP contribution >= 0.6 is 23.7 Å². The van der Waals surface area contributed by atoms with Crippen molar-refractivity contribution in [3.8, 4) is 11.5 Å². The third kappa shape index (κ3) is 3.67. The van der Waals surface area contributed by atoms with Gasteiger partial charge in [0.05, 0.1) is 12.7 Å². The number of carbonyl (C=O) groups is 2. The van der Waals surface area contributed by atoms with Crippen molar-refractivity contribution in [2.24, 2.45) is 0 Å². The van der Waals surface area contributed by atoms with Gasteiger partial charge in [0.1, 0.15) is 5.00 Å². The number of nitrogens with zero attached hydrogens (tertiary/aromatic N) is 1. The molecule has 28 heavy (non-hydrogen) atoms. The minimum absolute atomic E-state index is 0. The summed E-state index contributed by atoms with van der Waals surface area (Å²) in [5.41, 5.74) is 1.90. The third-order valence-electron chi connectivity index (χ3n) is 4.83. The van der Waals surface area contributed by atoms with Gasteiger partial charge in [-0.05, 0) is 36.7 Å². The van der Waals surface area contributed by atoms with E-state index in [0.29, 0.717) is 27.6 Å². The van der Waals surface area contributed by atoms with Gasteiger partial charge in [-0.1, -0.05) is 6.92 Å². The van der Waals surface area contributed by atoms with Gasteiger partial charge < -0.3 is 19.5 Å². The molecule has 1 aromatic heterocycles. The van der Waals surface area contributed by atoms with E-state index in [1.807, 2.05) is 0 Å². The van der Waals surface area contributed by atoms with Crippen molar-refractivity contribution in [3.63, 3.8) is 0 Å². The minimum atomic E-state index is -0.418. The van der Waals surface area contributed by atoms with Gasteiger partial charge in [-0.3, -0.25) is 9.69 Å². The average Bonchev–Trinajstić information content (AvgIpc) is 3.29. The predicted octanol–water partition coefficient (Wildman–Crippen LogP) is 3.32. The van der Waals surface area contributed by atoms with Crippen LogP contribution in [-0.2, 0) is 17.7 Å². The van der Waals surface area contributed by atoms with E-state index in [4.69, 9.17) is 14.2 Å².